The first kappa shape index (κ1) is 20.1. The highest BCUT2D eigenvalue weighted by molar-refractivity contribution is 5.88. The van der Waals surface area contributed by atoms with E-state index in [2.05, 4.69) is 5.32 Å². The minimum absolute atomic E-state index is 0.0695. The number of amides is 2. The first-order chi connectivity index (χ1) is 13.5. The number of ether oxygens (including phenoxy) is 2. The lowest BCUT2D eigenvalue weighted by molar-refractivity contribution is -0.151. The normalized spacial score (nSPS) is 27.4. The van der Waals surface area contributed by atoms with Crippen molar-refractivity contribution < 1.29 is 23.9 Å². The van der Waals surface area contributed by atoms with Crippen LogP contribution in [0.2, 0.25) is 0 Å². The molecule has 4 atom stereocenters. The molecule has 0 aromatic heterocycles. The number of esters is 1. The van der Waals surface area contributed by atoms with E-state index >= 15 is 0 Å². The van der Waals surface area contributed by atoms with Gasteiger partial charge in [-0.25, -0.2) is 4.79 Å². The van der Waals surface area contributed by atoms with Crippen molar-refractivity contribution in [2.45, 2.75) is 50.4 Å². The minimum atomic E-state index is -0.642. The zero-order chi connectivity index (χ0) is 20.1. The molecule has 0 unspecified atom stereocenters. The van der Waals surface area contributed by atoms with E-state index in [-0.39, 0.29) is 30.6 Å². The summed E-state index contributed by atoms with van der Waals surface area (Å²) >= 11 is 0. The van der Waals surface area contributed by atoms with Gasteiger partial charge in [0.1, 0.15) is 12.6 Å². The summed E-state index contributed by atoms with van der Waals surface area (Å²) < 4.78 is 10.1. The summed E-state index contributed by atoms with van der Waals surface area (Å²) in [4.78, 5) is 38.7. The van der Waals surface area contributed by atoms with Crippen molar-refractivity contribution >= 4 is 18.0 Å². The van der Waals surface area contributed by atoms with E-state index in [0.717, 1.165) is 12.0 Å². The number of nitrogens with zero attached hydrogens (tertiary/aromatic N) is 1. The molecule has 1 aromatic carbocycles. The predicted octanol–water partition coefficient (Wildman–Crippen LogP) is 1.18. The molecule has 1 aliphatic carbocycles. The molecule has 2 amide bonds. The Kier molecular flexibility index (Phi) is 6.51. The molecule has 3 N–H and O–H groups in total. The molecule has 28 heavy (non-hydrogen) atoms. The van der Waals surface area contributed by atoms with Gasteiger partial charge >= 0.3 is 12.1 Å². The van der Waals surface area contributed by atoms with Crippen LogP contribution in [0.25, 0.3) is 0 Å². The first-order valence-corrected chi connectivity index (χ1v) is 9.60. The van der Waals surface area contributed by atoms with Gasteiger partial charge in [0.25, 0.3) is 0 Å². The van der Waals surface area contributed by atoms with E-state index in [9.17, 15) is 14.4 Å². The number of methoxy groups -OCH3 is 1. The third-order valence-corrected chi connectivity index (χ3v) is 5.50. The summed E-state index contributed by atoms with van der Waals surface area (Å²) in [5.41, 5.74) is 6.87. The molecule has 1 aliphatic heterocycles. The number of carbonyl (C=O) groups excluding carboxylic acids is 3. The second kappa shape index (κ2) is 9.05. The van der Waals surface area contributed by atoms with Crippen molar-refractivity contribution in [2.24, 2.45) is 11.7 Å². The van der Waals surface area contributed by atoms with Crippen LogP contribution in [0.1, 0.15) is 31.2 Å². The lowest BCUT2D eigenvalue weighted by atomic mass is 9.81. The molecule has 1 saturated heterocycles. The van der Waals surface area contributed by atoms with Gasteiger partial charge in [-0.15, -0.1) is 0 Å². The fourth-order valence-corrected chi connectivity index (χ4v) is 4.04. The number of nitrogens with two attached hydrogens (primary N) is 1. The molecular formula is C20H27N3O5. The number of benzene rings is 1. The van der Waals surface area contributed by atoms with Crippen LogP contribution in [0.15, 0.2) is 30.3 Å². The van der Waals surface area contributed by atoms with Gasteiger partial charge in [0.15, 0.2) is 0 Å². The fraction of sp³-hybridized carbons (Fsp3) is 0.550. The molecule has 8 nitrogen and oxygen atoms in total. The Morgan fingerprint density at radius 1 is 1.21 bits per heavy atom. The number of alkyl carbamates (subject to hydrolysis) is 1. The maximum Gasteiger partial charge on any atom is 0.408 e. The van der Waals surface area contributed by atoms with Gasteiger partial charge in [-0.05, 0) is 31.2 Å². The maximum absolute atomic E-state index is 12.8. The molecule has 0 radical (unpaired) electrons. The van der Waals surface area contributed by atoms with Gasteiger partial charge in [-0.3, -0.25) is 9.59 Å². The zero-order valence-electron chi connectivity index (χ0n) is 16.0. The van der Waals surface area contributed by atoms with Crippen LogP contribution < -0.4 is 11.1 Å². The highest BCUT2D eigenvalue weighted by Gasteiger charge is 2.44. The van der Waals surface area contributed by atoms with Crippen LogP contribution in [0.3, 0.4) is 0 Å². The van der Waals surface area contributed by atoms with E-state index in [1.807, 2.05) is 30.3 Å². The molecule has 2 fully saturated rings. The Morgan fingerprint density at radius 2 is 1.96 bits per heavy atom. The summed E-state index contributed by atoms with van der Waals surface area (Å²) in [5, 5.41) is 2.64. The maximum atomic E-state index is 12.8. The molecule has 3 rings (SSSR count). The third-order valence-electron chi connectivity index (χ3n) is 5.50. The van der Waals surface area contributed by atoms with Crippen molar-refractivity contribution in [3.63, 3.8) is 0 Å². The summed E-state index contributed by atoms with van der Waals surface area (Å²) in [6.07, 6.45) is 1.75. The number of likely N-dealkylation sites (tertiary alicyclic amines) is 1. The lowest BCUT2D eigenvalue weighted by Gasteiger charge is -2.38. The van der Waals surface area contributed by atoms with Gasteiger partial charge in [0, 0.05) is 18.6 Å². The molecular weight excluding hydrogens is 362 g/mol. The topological polar surface area (TPSA) is 111 Å². The van der Waals surface area contributed by atoms with Crippen molar-refractivity contribution in [1.29, 1.82) is 0 Å². The van der Waals surface area contributed by atoms with Crippen molar-refractivity contribution in [3.8, 4) is 0 Å². The number of carbonyl (C=O) groups is 3. The van der Waals surface area contributed by atoms with Gasteiger partial charge in [-0.1, -0.05) is 30.3 Å². The van der Waals surface area contributed by atoms with Gasteiger partial charge in [-0.2, -0.15) is 0 Å². The number of hydrogen-bond donors (Lipinski definition) is 2. The lowest BCUT2D eigenvalue weighted by Crippen LogP contribution is -2.52. The number of nitrogens with one attached hydrogen (secondary N) is 1. The Balaban J connectivity index is 1.56. The van der Waals surface area contributed by atoms with Crippen LogP contribution in [0, 0.1) is 5.92 Å². The monoisotopic (exact) mass is 389 g/mol. The second-order valence-corrected chi connectivity index (χ2v) is 7.35. The van der Waals surface area contributed by atoms with E-state index in [1.165, 1.54) is 7.11 Å². The van der Waals surface area contributed by atoms with Crippen LogP contribution >= 0.6 is 0 Å². The smallest absolute Gasteiger partial charge is 0.408 e. The zero-order valence-corrected chi connectivity index (χ0v) is 16.0. The minimum Gasteiger partial charge on any atom is -0.469 e. The number of hydrogen-bond acceptors (Lipinski definition) is 6. The average Bonchev–Trinajstić information content (AvgIpc) is 3.06. The van der Waals surface area contributed by atoms with E-state index in [4.69, 9.17) is 15.2 Å². The molecule has 0 bridgehead atoms. The Morgan fingerprint density at radius 3 is 2.68 bits per heavy atom. The highest BCUT2D eigenvalue weighted by Crippen LogP contribution is 2.31. The quantitative estimate of drug-likeness (QED) is 0.732. The number of rotatable bonds is 5. The highest BCUT2D eigenvalue weighted by atomic mass is 16.5. The van der Waals surface area contributed by atoms with Crippen LogP contribution in [0.5, 0.6) is 0 Å². The van der Waals surface area contributed by atoms with Crippen molar-refractivity contribution in [3.05, 3.63) is 35.9 Å². The Bertz CT molecular complexity index is 711. The summed E-state index contributed by atoms with van der Waals surface area (Å²) in [6, 6.07) is 8.37. The van der Waals surface area contributed by atoms with Crippen LogP contribution in [-0.2, 0) is 25.7 Å². The molecule has 1 aromatic rings. The Hall–Kier alpha value is -2.61. The first-order valence-electron chi connectivity index (χ1n) is 9.60. The predicted molar refractivity (Wildman–Crippen MR) is 101 cm³/mol. The largest absolute Gasteiger partial charge is 0.469 e. The van der Waals surface area contributed by atoms with Crippen molar-refractivity contribution in [1.82, 2.24) is 10.2 Å². The third kappa shape index (κ3) is 4.62. The van der Waals surface area contributed by atoms with Gasteiger partial charge in [0.2, 0.25) is 5.91 Å². The molecule has 2 aliphatic rings. The standard InChI is InChI=1S/C20H27N3O5/c1-27-19(25)15-11-14(21)7-8-17(15)23-10-9-16(18(23)24)22-20(26)28-12-13-5-3-2-4-6-13/h2-6,14-17H,7-12,21H2,1H3,(H,22,26)/t14-,15-,16+,17+/m1/s1. The van der Waals surface area contributed by atoms with E-state index in [1.54, 1.807) is 4.90 Å². The summed E-state index contributed by atoms with van der Waals surface area (Å²) in [6.45, 7) is 0.623. The molecule has 152 valence electrons. The van der Waals surface area contributed by atoms with Crippen LogP contribution in [0.4, 0.5) is 4.79 Å². The molecule has 1 saturated carbocycles. The SMILES string of the molecule is COC(=O)[C@@H]1C[C@H](N)CC[C@@H]1N1CC[C@H](NC(=O)OCc2ccccc2)C1=O. The summed E-state index contributed by atoms with van der Waals surface area (Å²) in [7, 11) is 1.35. The average molecular weight is 389 g/mol. The van der Waals surface area contributed by atoms with E-state index < -0.39 is 18.1 Å². The van der Waals surface area contributed by atoms with Crippen LogP contribution in [-0.4, -0.2) is 54.6 Å². The van der Waals surface area contributed by atoms with E-state index in [0.29, 0.717) is 25.8 Å². The summed E-state index contributed by atoms with van der Waals surface area (Å²) in [5.74, 6) is -0.959. The molecule has 8 heteroatoms. The van der Waals surface area contributed by atoms with Gasteiger partial charge < -0.3 is 25.4 Å². The Labute approximate surface area is 164 Å². The van der Waals surface area contributed by atoms with Crippen molar-refractivity contribution in [2.75, 3.05) is 13.7 Å². The molecule has 1 heterocycles. The fourth-order valence-electron chi connectivity index (χ4n) is 4.04. The molecule has 0 spiro atoms. The van der Waals surface area contributed by atoms with Gasteiger partial charge in [0.05, 0.1) is 13.0 Å². The second-order valence-electron chi connectivity index (χ2n) is 7.35.